The second kappa shape index (κ2) is 7.13. The predicted molar refractivity (Wildman–Crippen MR) is 89.6 cm³/mol. The van der Waals surface area contributed by atoms with Crippen LogP contribution in [-0.4, -0.2) is 22.1 Å². The number of rotatable bonds is 7. The molecular formula is C17H19NO3S. The van der Waals surface area contributed by atoms with Gasteiger partial charge in [-0.1, -0.05) is 36.4 Å². The summed E-state index contributed by atoms with van der Waals surface area (Å²) in [7, 11) is -1.92. The van der Waals surface area contributed by atoms with Crippen molar-refractivity contribution in [2.24, 2.45) is 0 Å². The topological polar surface area (TPSA) is 46.6 Å². The van der Waals surface area contributed by atoms with Crippen molar-refractivity contribution in [3.8, 4) is 5.75 Å². The highest BCUT2D eigenvalue weighted by Crippen LogP contribution is 2.23. The fraction of sp³-hybridized carbons (Fsp3) is 0.176. The molecule has 0 unspecified atom stereocenters. The van der Waals surface area contributed by atoms with E-state index in [-0.39, 0.29) is 12.3 Å². The van der Waals surface area contributed by atoms with Crippen LogP contribution in [0.15, 0.2) is 67.3 Å². The molecule has 0 bridgehead atoms. The smallest absolute Gasteiger partial charge is 0.239 e. The van der Waals surface area contributed by atoms with Crippen LogP contribution in [0.3, 0.4) is 0 Å². The van der Waals surface area contributed by atoms with Crippen molar-refractivity contribution in [3.05, 3.63) is 72.8 Å². The molecule has 0 amide bonds. The van der Waals surface area contributed by atoms with E-state index in [2.05, 4.69) is 6.58 Å². The molecule has 2 aromatic carbocycles. The highest BCUT2D eigenvalue weighted by molar-refractivity contribution is 7.92. The van der Waals surface area contributed by atoms with Gasteiger partial charge in [-0.2, -0.15) is 0 Å². The molecule has 0 N–H and O–H groups in total. The summed E-state index contributed by atoms with van der Waals surface area (Å²) in [4.78, 5) is 0. The normalized spacial score (nSPS) is 11.0. The van der Waals surface area contributed by atoms with E-state index in [9.17, 15) is 8.42 Å². The molecule has 2 aromatic rings. The van der Waals surface area contributed by atoms with Gasteiger partial charge in [-0.05, 0) is 29.8 Å². The minimum Gasteiger partial charge on any atom is -0.497 e. The molecule has 0 fully saturated rings. The Hall–Kier alpha value is -2.27. The number of sulfonamides is 1. The number of anilines is 1. The van der Waals surface area contributed by atoms with E-state index in [4.69, 9.17) is 4.74 Å². The molecule has 22 heavy (non-hydrogen) atoms. The lowest BCUT2D eigenvalue weighted by Gasteiger charge is -2.23. The van der Waals surface area contributed by atoms with Gasteiger partial charge in [0.1, 0.15) is 5.75 Å². The van der Waals surface area contributed by atoms with Gasteiger partial charge in [-0.3, -0.25) is 4.31 Å². The van der Waals surface area contributed by atoms with Crippen molar-refractivity contribution in [2.45, 2.75) is 5.75 Å². The second-order valence-electron chi connectivity index (χ2n) is 4.76. The van der Waals surface area contributed by atoms with Gasteiger partial charge in [0.15, 0.2) is 0 Å². The molecule has 0 atom stereocenters. The first-order chi connectivity index (χ1) is 10.6. The third-order valence-electron chi connectivity index (χ3n) is 3.18. The van der Waals surface area contributed by atoms with Crippen molar-refractivity contribution in [3.63, 3.8) is 0 Å². The summed E-state index contributed by atoms with van der Waals surface area (Å²) < 4.78 is 31.8. The highest BCUT2D eigenvalue weighted by Gasteiger charge is 2.22. The highest BCUT2D eigenvalue weighted by atomic mass is 32.2. The van der Waals surface area contributed by atoms with Crippen LogP contribution in [0.25, 0.3) is 0 Å². The van der Waals surface area contributed by atoms with Crippen LogP contribution >= 0.6 is 0 Å². The monoisotopic (exact) mass is 317 g/mol. The van der Waals surface area contributed by atoms with Gasteiger partial charge in [0.25, 0.3) is 0 Å². The molecule has 0 saturated heterocycles. The average molecular weight is 317 g/mol. The van der Waals surface area contributed by atoms with E-state index < -0.39 is 10.0 Å². The van der Waals surface area contributed by atoms with Crippen molar-refractivity contribution in [2.75, 3.05) is 18.0 Å². The largest absolute Gasteiger partial charge is 0.497 e. The molecule has 2 rings (SSSR count). The first-order valence-corrected chi connectivity index (χ1v) is 8.47. The lowest BCUT2D eigenvalue weighted by Crippen LogP contribution is -2.32. The van der Waals surface area contributed by atoms with Gasteiger partial charge in [0.05, 0.1) is 25.1 Å². The summed E-state index contributed by atoms with van der Waals surface area (Å²) in [5.74, 6) is 0.635. The minimum absolute atomic E-state index is 0.0479. The van der Waals surface area contributed by atoms with Gasteiger partial charge in [0.2, 0.25) is 10.0 Å². The lowest BCUT2D eigenvalue weighted by atomic mass is 10.2. The van der Waals surface area contributed by atoms with Gasteiger partial charge in [-0.25, -0.2) is 8.42 Å². The Balaban J connectivity index is 2.30. The SMILES string of the molecule is C=CCN(c1ccc(OC)cc1)S(=O)(=O)Cc1ccccc1. The molecular weight excluding hydrogens is 298 g/mol. The summed E-state index contributed by atoms with van der Waals surface area (Å²) in [5.41, 5.74) is 1.35. The molecule has 0 heterocycles. The van der Waals surface area contributed by atoms with E-state index in [1.807, 2.05) is 18.2 Å². The van der Waals surface area contributed by atoms with E-state index in [1.54, 1.807) is 49.6 Å². The number of benzene rings is 2. The fourth-order valence-corrected chi connectivity index (χ4v) is 3.65. The van der Waals surface area contributed by atoms with Crippen LogP contribution in [0.2, 0.25) is 0 Å². The van der Waals surface area contributed by atoms with Crippen molar-refractivity contribution in [1.29, 1.82) is 0 Å². The standard InChI is InChI=1S/C17H19NO3S/c1-3-13-18(16-9-11-17(21-2)12-10-16)22(19,20)14-15-7-5-4-6-8-15/h3-12H,1,13-14H2,2H3. The molecule has 0 aliphatic heterocycles. The summed E-state index contributed by atoms with van der Waals surface area (Å²) in [6, 6.07) is 16.1. The zero-order valence-electron chi connectivity index (χ0n) is 12.5. The van der Waals surface area contributed by atoms with Crippen LogP contribution in [0, 0.1) is 0 Å². The summed E-state index contributed by atoms with van der Waals surface area (Å²) >= 11 is 0. The molecule has 0 saturated carbocycles. The fourth-order valence-electron chi connectivity index (χ4n) is 2.11. The molecule has 0 aliphatic carbocycles. The molecule has 4 nitrogen and oxygen atoms in total. The molecule has 0 radical (unpaired) electrons. The molecule has 0 spiro atoms. The maximum Gasteiger partial charge on any atom is 0.239 e. The Kier molecular flexibility index (Phi) is 5.22. The molecule has 5 heteroatoms. The number of ether oxygens (including phenoxy) is 1. The van der Waals surface area contributed by atoms with Gasteiger partial charge in [-0.15, -0.1) is 6.58 Å². The van der Waals surface area contributed by atoms with Crippen molar-refractivity contribution >= 4 is 15.7 Å². The van der Waals surface area contributed by atoms with Gasteiger partial charge in [0, 0.05) is 0 Å². The second-order valence-corrected chi connectivity index (χ2v) is 6.65. The summed E-state index contributed by atoms with van der Waals surface area (Å²) in [6.45, 7) is 3.87. The Morgan fingerprint density at radius 2 is 1.73 bits per heavy atom. The Labute approximate surface area is 131 Å². The third kappa shape index (κ3) is 3.89. The Bertz CT molecular complexity index is 709. The van der Waals surface area contributed by atoms with Gasteiger partial charge < -0.3 is 4.74 Å². The van der Waals surface area contributed by atoms with E-state index in [1.165, 1.54) is 4.31 Å². The molecule has 116 valence electrons. The lowest BCUT2D eigenvalue weighted by molar-refractivity contribution is 0.415. The number of hydrogen-bond donors (Lipinski definition) is 0. The third-order valence-corrected chi connectivity index (χ3v) is 4.91. The van der Waals surface area contributed by atoms with E-state index in [0.717, 1.165) is 5.56 Å². The number of hydrogen-bond acceptors (Lipinski definition) is 3. The maximum atomic E-state index is 12.7. The molecule has 0 aromatic heterocycles. The first kappa shape index (κ1) is 16.1. The maximum absolute atomic E-state index is 12.7. The zero-order valence-corrected chi connectivity index (χ0v) is 13.3. The Morgan fingerprint density at radius 1 is 1.09 bits per heavy atom. The average Bonchev–Trinajstić information content (AvgIpc) is 2.53. The number of methoxy groups -OCH3 is 1. The van der Waals surface area contributed by atoms with Crippen LogP contribution in [0.4, 0.5) is 5.69 Å². The summed E-state index contributed by atoms with van der Waals surface area (Å²) in [5, 5.41) is 0. The predicted octanol–water partition coefficient (Wildman–Crippen LogP) is 3.22. The van der Waals surface area contributed by atoms with Crippen molar-refractivity contribution in [1.82, 2.24) is 0 Å². The number of nitrogens with zero attached hydrogens (tertiary/aromatic N) is 1. The minimum atomic E-state index is -3.49. The first-order valence-electron chi connectivity index (χ1n) is 6.86. The zero-order chi connectivity index (χ0) is 16.0. The summed E-state index contributed by atoms with van der Waals surface area (Å²) in [6.07, 6.45) is 1.58. The van der Waals surface area contributed by atoms with Crippen LogP contribution in [0.5, 0.6) is 5.75 Å². The Morgan fingerprint density at radius 3 is 2.27 bits per heavy atom. The van der Waals surface area contributed by atoms with Gasteiger partial charge >= 0.3 is 0 Å². The van der Waals surface area contributed by atoms with Crippen LogP contribution in [-0.2, 0) is 15.8 Å². The van der Waals surface area contributed by atoms with E-state index >= 15 is 0 Å². The quantitative estimate of drug-likeness (QED) is 0.737. The molecule has 0 aliphatic rings. The van der Waals surface area contributed by atoms with E-state index in [0.29, 0.717) is 11.4 Å². The van der Waals surface area contributed by atoms with Crippen LogP contribution < -0.4 is 9.04 Å². The van der Waals surface area contributed by atoms with Crippen LogP contribution in [0.1, 0.15) is 5.56 Å². The van der Waals surface area contributed by atoms with Crippen molar-refractivity contribution < 1.29 is 13.2 Å².